The molecule has 1 aliphatic heterocycles. The summed E-state index contributed by atoms with van der Waals surface area (Å²) < 4.78 is 0. The fourth-order valence-electron chi connectivity index (χ4n) is 3.07. The number of thiophene rings is 1. The maximum Gasteiger partial charge on any atom is 0.191 e. The molecule has 1 fully saturated rings. The number of guanidine groups is 1. The van der Waals surface area contributed by atoms with Gasteiger partial charge in [0.25, 0.3) is 0 Å². The molecule has 154 valence electrons. The van der Waals surface area contributed by atoms with Crippen molar-refractivity contribution in [3.05, 3.63) is 52.2 Å². The Kier molecular flexibility index (Phi) is 10.5. The van der Waals surface area contributed by atoms with Crippen LogP contribution in [0.25, 0.3) is 0 Å². The number of nitrogens with zero attached hydrogens (tertiary/aromatic N) is 2. The lowest BCUT2D eigenvalue weighted by Crippen LogP contribution is -2.39. The first-order valence-electron chi connectivity index (χ1n) is 9.72. The van der Waals surface area contributed by atoms with E-state index in [4.69, 9.17) is 4.99 Å². The van der Waals surface area contributed by atoms with E-state index < -0.39 is 0 Å². The number of nitrogens with one attached hydrogen (secondary N) is 2. The van der Waals surface area contributed by atoms with Gasteiger partial charge in [0.2, 0.25) is 0 Å². The second-order valence-electron chi connectivity index (χ2n) is 6.80. The van der Waals surface area contributed by atoms with E-state index in [-0.39, 0.29) is 24.0 Å². The average molecular weight is 531 g/mol. The van der Waals surface area contributed by atoms with Gasteiger partial charge in [-0.05, 0) is 52.9 Å². The number of aliphatic imine (C=N–C) groups is 1. The zero-order valence-electron chi connectivity index (χ0n) is 16.7. The van der Waals surface area contributed by atoms with Gasteiger partial charge >= 0.3 is 0 Å². The molecule has 0 bridgehead atoms. The van der Waals surface area contributed by atoms with Gasteiger partial charge < -0.3 is 15.5 Å². The SMILES string of the molecule is CCNC(=NCc1ccc(N2CCSCC2)cc1)NCC(C)c1ccsc1.I. The summed E-state index contributed by atoms with van der Waals surface area (Å²) in [6.45, 7) is 9.09. The van der Waals surface area contributed by atoms with E-state index in [0.29, 0.717) is 12.5 Å². The lowest BCUT2D eigenvalue weighted by Gasteiger charge is -2.28. The summed E-state index contributed by atoms with van der Waals surface area (Å²) in [6, 6.07) is 11.1. The van der Waals surface area contributed by atoms with E-state index >= 15 is 0 Å². The topological polar surface area (TPSA) is 39.7 Å². The van der Waals surface area contributed by atoms with E-state index in [2.05, 4.69) is 70.5 Å². The fraction of sp³-hybridized carbons (Fsp3) is 0.476. The summed E-state index contributed by atoms with van der Waals surface area (Å²) >= 11 is 3.80. The van der Waals surface area contributed by atoms with Gasteiger partial charge in [-0.3, -0.25) is 0 Å². The normalized spacial score (nSPS) is 15.6. The van der Waals surface area contributed by atoms with Crippen molar-refractivity contribution in [3.8, 4) is 0 Å². The van der Waals surface area contributed by atoms with Crippen LogP contribution in [0.15, 0.2) is 46.1 Å². The molecule has 2 aromatic rings. The highest BCUT2D eigenvalue weighted by molar-refractivity contribution is 14.0. The van der Waals surface area contributed by atoms with Crippen LogP contribution in [0.4, 0.5) is 5.69 Å². The summed E-state index contributed by atoms with van der Waals surface area (Å²) in [5.41, 5.74) is 3.96. The molecule has 1 atom stereocenters. The van der Waals surface area contributed by atoms with Gasteiger partial charge in [-0.25, -0.2) is 4.99 Å². The van der Waals surface area contributed by atoms with Gasteiger partial charge in [0.05, 0.1) is 6.54 Å². The quantitative estimate of drug-likeness (QED) is 0.307. The molecule has 28 heavy (non-hydrogen) atoms. The van der Waals surface area contributed by atoms with Crippen LogP contribution >= 0.6 is 47.1 Å². The highest BCUT2D eigenvalue weighted by Crippen LogP contribution is 2.20. The van der Waals surface area contributed by atoms with Gasteiger partial charge in [-0.2, -0.15) is 23.1 Å². The van der Waals surface area contributed by atoms with Crippen LogP contribution in [0.3, 0.4) is 0 Å². The minimum absolute atomic E-state index is 0. The zero-order valence-corrected chi connectivity index (χ0v) is 20.7. The van der Waals surface area contributed by atoms with Crippen LogP contribution in [0, 0.1) is 0 Å². The average Bonchev–Trinajstić information content (AvgIpc) is 3.26. The Morgan fingerprint density at radius 2 is 1.89 bits per heavy atom. The van der Waals surface area contributed by atoms with Crippen LogP contribution in [-0.2, 0) is 6.54 Å². The molecule has 7 heteroatoms. The molecule has 0 radical (unpaired) electrons. The van der Waals surface area contributed by atoms with E-state index in [9.17, 15) is 0 Å². The van der Waals surface area contributed by atoms with Crippen molar-refractivity contribution >= 4 is 58.7 Å². The molecule has 1 aliphatic rings. The number of hydrogen-bond donors (Lipinski definition) is 2. The minimum Gasteiger partial charge on any atom is -0.370 e. The highest BCUT2D eigenvalue weighted by atomic mass is 127. The smallest absolute Gasteiger partial charge is 0.191 e. The first-order chi connectivity index (χ1) is 13.3. The van der Waals surface area contributed by atoms with E-state index in [1.165, 1.54) is 28.3 Å². The van der Waals surface area contributed by atoms with Crippen LogP contribution in [0.2, 0.25) is 0 Å². The number of rotatable bonds is 7. The number of hydrogen-bond acceptors (Lipinski definition) is 4. The summed E-state index contributed by atoms with van der Waals surface area (Å²) in [5.74, 6) is 3.82. The zero-order chi connectivity index (χ0) is 18.9. The molecule has 1 aromatic carbocycles. The number of anilines is 1. The molecule has 1 unspecified atom stereocenters. The first kappa shape index (κ1) is 23.3. The third kappa shape index (κ3) is 7.15. The maximum atomic E-state index is 4.76. The molecule has 3 rings (SSSR count). The fourth-order valence-corrected chi connectivity index (χ4v) is 4.75. The molecule has 0 amide bonds. The lowest BCUT2D eigenvalue weighted by molar-refractivity contribution is 0.701. The van der Waals surface area contributed by atoms with E-state index in [0.717, 1.165) is 32.1 Å². The molecule has 1 aromatic heterocycles. The van der Waals surface area contributed by atoms with E-state index in [1.807, 2.05) is 11.8 Å². The Morgan fingerprint density at radius 1 is 1.14 bits per heavy atom. The predicted molar refractivity (Wildman–Crippen MR) is 137 cm³/mol. The highest BCUT2D eigenvalue weighted by Gasteiger charge is 2.11. The Labute approximate surface area is 194 Å². The Morgan fingerprint density at radius 3 is 2.54 bits per heavy atom. The second-order valence-corrected chi connectivity index (χ2v) is 8.80. The van der Waals surface area contributed by atoms with Gasteiger partial charge in [0, 0.05) is 43.4 Å². The largest absolute Gasteiger partial charge is 0.370 e. The van der Waals surface area contributed by atoms with E-state index in [1.54, 1.807) is 11.3 Å². The number of thioether (sulfide) groups is 1. The minimum atomic E-state index is 0. The summed E-state index contributed by atoms with van der Waals surface area (Å²) in [4.78, 5) is 7.23. The van der Waals surface area contributed by atoms with Crippen LogP contribution < -0.4 is 15.5 Å². The van der Waals surface area contributed by atoms with Crippen molar-refractivity contribution in [2.75, 3.05) is 42.6 Å². The molecule has 0 saturated carbocycles. The van der Waals surface area contributed by atoms with Crippen molar-refractivity contribution in [1.29, 1.82) is 0 Å². The Hall–Kier alpha value is -0.930. The number of benzene rings is 1. The lowest BCUT2D eigenvalue weighted by atomic mass is 10.1. The van der Waals surface area contributed by atoms with Crippen molar-refractivity contribution in [2.45, 2.75) is 26.3 Å². The van der Waals surface area contributed by atoms with Crippen molar-refractivity contribution in [2.24, 2.45) is 4.99 Å². The van der Waals surface area contributed by atoms with Crippen molar-refractivity contribution in [1.82, 2.24) is 10.6 Å². The van der Waals surface area contributed by atoms with Gasteiger partial charge in [-0.1, -0.05) is 19.1 Å². The van der Waals surface area contributed by atoms with Gasteiger partial charge in [0.15, 0.2) is 5.96 Å². The summed E-state index contributed by atoms with van der Waals surface area (Å²) in [5, 5.41) is 11.2. The molecule has 0 spiro atoms. The summed E-state index contributed by atoms with van der Waals surface area (Å²) in [7, 11) is 0. The molecular formula is C21H31IN4S2. The molecule has 2 N–H and O–H groups in total. The maximum absolute atomic E-state index is 4.76. The molecule has 1 saturated heterocycles. The van der Waals surface area contributed by atoms with Crippen LogP contribution in [0.5, 0.6) is 0 Å². The third-order valence-electron chi connectivity index (χ3n) is 4.76. The summed E-state index contributed by atoms with van der Waals surface area (Å²) in [6.07, 6.45) is 0. The first-order valence-corrected chi connectivity index (χ1v) is 11.8. The second kappa shape index (κ2) is 12.6. The third-order valence-corrected chi connectivity index (χ3v) is 6.41. The monoisotopic (exact) mass is 530 g/mol. The predicted octanol–water partition coefficient (Wildman–Crippen LogP) is 4.78. The molecular weight excluding hydrogens is 499 g/mol. The number of halogens is 1. The Balaban J connectivity index is 0.00000280. The van der Waals surface area contributed by atoms with Crippen molar-refractivity contribution < 1.29 is 0 Å². The van der Waals surface area contributed by atoms with Gasteiger partial charge in [-0.15, -0.1) is 24.0 Å². The van der Waals surface area contributed by atoms with Crippen LogP contribution in [0.1, 0.15) is 30.9 Å². The standard InChI is InChI=1S/C21H30N4S2.HI/c1-3-22-21(23-14-17(2)19-8-11-27-16-19)24-15-18-4-6-20(7-5-18)25-9-12-26-13-10-25;/h4-8,11,16-17H,3,9-10,12-15H2,1-2H3,(H2,22,23,24);1H. The molecule has 4 nitrogen and oxygen atoms in total. The van der Waals surface area contributed by atoms with Gasteiger partial charge in [0.1, 0.15) is 0 Å². The van der Waals surface area contributed by atoms with Crippen molar-refractivity contribution in [3.63, 3.8) is 0 Å². The van der Waals surface area contributed by atoms with Crippen LogP contribution in [-0.4, -0.2) is 43.6 Å². The Bertz CT molecular complexity index is 698. The molecule has 2 heterocycles. The molecule has 0 aliphatic carbocycles.